The van der Waals surface area contributed by atoms with Crippen molar-refractivity contribution in [2.24, 2.45) is 11.1 Å². The van der Waals surface area contributed by atoms with Gasteiger partial charge in [-0.2, -0.15) is 0 Å². The van der Waals surface area contributed by atoms with Gasteiger partial charge in [-0.25, -0.2) is 9.97 Å². The predicted molar refractivity (Wildman–Crippen MR) is 82.2 cm³/mol. The van der Waals surface area contributed by atoms with E-state index in [-0.39, 0.29) is 11.3 Å². The first-order valence-electron chi connectivity index (χ1n) is 6.82. The number of nitrogens with two attached hydrogens (primary N) is 1. The van der Waals surface area contributed by atoms with Gasteiger partial charge in [-0.3, -0.25) is 9.36 Å². The third-order valence-electron chi connectivity index (χ3n) is 3.31. The summed E-state index contributed by atoms with van der Waals surface area (Å²) in [5.41, 5.74) is 6.30. The monoisotopic (exact) mass is 287 g/mol. The van der Waals surface area contributed by atoms with Crippen molar-refractivity contribution in [1.29, 1.82) is 0 Å². The van der Waals surface area contributed by atoms with Gasteiger partial charge >= 0.3 is 0 Å². The fourth-order valence-electron chi connectivity index (χ4n) is 1.89. The molecular weight excluding hydrogens is 266 g/mol. The van der Waals surface area contributed by atoms with Crippen LogP contribution in [0.3, 0.4) is 0 Å². The lowest BCUT2D eigenvalue weighted by Gasteiger charge is -2.26. The quantitative estimate of drug-likeness (QED) is 0.902. The Morgan fingerprint density at radius 2 is 2.05 bits per heavy atom. The number of nitrogens with one attached hydrogen (secondary N) is 1. The molecule has 1 amide bonds. The van der Waals surface area contributed by atoms with Crippen molar-refractivity contribution in [1.82, 2.24) is 14.5 Å². The molecule has 112 valence electrons. The molecule has 0 aliphatic carbocycles. The van der Waals surface area contributed by atoms with E-state index < -0.39 is 6.04 Å². The normalized spacial score (nSPS) is 13.0. The molecule has 6 heteroatoms. The van der Waals surface area contributed by atoms with Crippen molar-refractivity contribution >= 4 is 11.6 Å². The number of anilines is 1. The minimum absolute atomic E-state index is 0.227. The largest absolute Gasteiger partial charge is 0.322 e. The maximum absolute atomic E-state index is 12.3. The van der Waals surface area contributed by atoms with Crippen LogP contribution in [-0.4, -0.2) is 26.5 Å². The van der Waals surface area contributed by atoms with E-state index in [4.69, 9.17) is 5.73 Å². The number of pyridine rings is 1. The van der Waals surface area contributed by atoms with Gasteiger partial charge in [0.2, 0.25) is 5.91 Å². The minimum Gasteiger partial charge on any atom is -0.322 e. The van der Waals surface area contributed by atoms with E-state index in [1.165, 1.54) is 0 Å². The highest BCUT2D eigenvalue weighted by atomic mass is 16.2. The van der Waals surface area contributed by atoms with Crippen LogP contribution >= 0.6 is 0 Å². The van der Waals surface area contributed by atoms with Crippen LogP contribution in [0.1, 0.15) is 26.6 Å². The molecule has 6 nitrogen and oxygen atoms in total. The number of carbonyl (C=O) groups is 1. The molecule has 0 saturated carbocycles. The van der Waals surface area contributed by atoms with Gasteiger partial charge in [0.25, 0.3) is 0 Å². The number of rotatable bonds is 3. The van der Waals surface area contributed by atoms with Gasteiger partial charge in [-0.1, -0.05) is 20.8 Å². The van der Waals surface area contributed by atoms with E-state index in [1.54, 1.807) is 30.7 Å². The lowest BCUT2D eigenvalue weighted by atomic mass is 9.87. The Morgan fingerprint density at radius 1 is 1.33 bits per heavy atom. The number of imidazole rings is 1. The van der Waals surface area contributed by atoms with E-state index in [0.717, 1.165) is 5.82 Å². The zero-order valence-electron chi connectivity index (χ0n) is 12.8. The molecule has 0 aromatic carbocycles. The van der Waals surface area contributed by atoms with Gasteiger partial charge in [0.15, 0.2) is 5.82 Å². The molecule has 1 atom stereocenters. The molecular formula is C15H21N5O. The number of aromatic nitrogens is 3. The standard InChI is InChI=1S/C15H21N5O/c1-10-17-8-9-20(10)13-11(6-5-7-18-13)19-14(21)12(16)15(2,3)4/h5-9,12H,16H2,1-4H3,(H,19,21)/t12-/m1/s1. The van der Waals surface area contributed by atoms with Gasteiger partial charge < -0.3 is 11.1 Å². The number of hydrogen-bond donors (Lipinski definition) is 2. The number of aryl methyl sites for hydroxylation is 1. The molecule has 3 N–H and O–H groups in total. The highest BCUT2D eigenvalue weighted by molar-refractivity contribution is 5.96. The Bertz CT molecular complexity index is 642. The Labute approximate surface area is 124 Å². The molecule has 0 aliphatic rings. The number of nitrogens with zero attached hydrogens (tertiary/aromatic N) is 3. The van der Waals surface area contributed by atoms with Gasteiger partial charge in [-0.15, -0.1) is 0 Å². The summed E-state index contributed by atoms with van der Waals surface area (Å²) in [6.07, 6.45) is 5.17. The van der Waals surface area contributed by atoms with Crippen molar-refractivity contribution in [2.75, 3.05) is 5.32 Å². The van der Waals surface area contributed by atoms with Crippen LogP contribution in [-0.2, 0) is 4.79 Å². The summed E-state index contributed by atoms with van der Waals surface area (Å²) < 4.78 is 1.82. The highest BCUT2D eigenvalue weighted by Gasteiger charge is 2.28. The van der Waals surface area contributed by atoms with Crippen molar-refractivity contribution in [3.63, 3.8) is 0 Å². The van der Waals surface area contributed by atoms with Gasteiger partial charge in [0.1, 0.15) is 5.82 Å². The first kappa shape index (κ1) is 15.2. The smallest absolute Gasteiger partial charge is 0.241 e. The third-order valence-corrected chi connectivity index (χ3v) is 3.31. The Kier molecular flexibility index (Phi) is 4.09. The van der Waals surface area contributed by atoms with Crippen LogP contribution in [0.25, 0.3) is 5.82 Å². The van der Waals surface area contributed by atoms with E-state index in [1.807, 2.05) is 32.3 Å². The second-order valence-corrected chi connectivity index (χ2v) is 6.05. The molecule has 2 aromatic rings. The first-order valence-corrected chi connectivity index (χ1v) is 6.82. The summed E-state index contributed by atoms with van der Waals surface area (Å²) in [7, 11) is 0. The van der Waals surface area contributed by atoms with E-state index in [9.17, 15) is 4.79 Å². The molecule has 0 radical (unpaired) electrons. The van der Waals surface area contributed by atoms with Crippen molar-refractivity contribution < 1.29 is 4.79 Å². The molecule has 0 aliphatic heterocycles. The fraction of sp³-hybridized carbons (Fsp3) is 0.400. The predicted octanol–water partition coefficient (Wildman–Crippen LogP) is 1.89. The summed E-state index contributed by atoms with van der Waals surface area (Å²) in [5.74, 6) is 1.20. The molecule has 2 heterocycles. The molecule has 21 heavy (non-hydrogen) atoms. The van der Waals surface area contributed by atoms with E-state index in [2.05, 4.69) is 15.3 Å². The fourth-order valence-corrected chi connectivity index (χ4v) is 1.89. The molecule has 0 unspecified atom stereocenters. The Balaban J connectivity index is 2.30. The van der Waals surface area contributed by atoms with Crippen molar-refractivity contribution in [3.05, 3.63) is 36.5 Å². The van der Waals surface area contributed by atoms with Crippen molar-refractivity contribution in [2.45, 2.75) is 33.7 Å². The molecule has 0 saturated heterocycles. The summed E-state index contributed by atoms with van der Waals surface area (Å²) in [4.78, 5) is 20.8. The minimum atomic E-state index is -0.602. The molecule has 0 bridgehead atoms. The SMILES string of the molecule is Cc1nccn1-c1ncccc1NC(=O)[C@@H](N)C(C)(C)C. The number of amides is 1. The average molecular weight is 287 g/mol. The van der Waals surface area contributed by atoms with E-state index >= 15 is 0 Å². The number of carbonyl (C=O) groups excluding carboxylic acids is 1. The van der Waals surface area contributed by atoms with Crippen LogP contribution in [0.15, 0.2) is 30.7 Å². The first-order chi connectivity index (χ1) is 9.80. The van der Waals surface area contributed by atoms with Crippen molar-refractivity contribution in [3.8, 4) is 5.82 Å². The van der Waals surface area contributed by atoms with Crippen LogP contribution < -0.4 is 11.1 Å². The van der Waals surface area contributed by atoms with Crippen LogP contribution in [0.4, 0.5) is 5.69 Å². The van der Waals surface area contributed by atoms with E-state index in [0.29, 0.717) is 11.5 Å². The maximum Gasteiger partial charge on any atom is 0.241 e. The van der Waals surface area contributed by atoms with Gasteiger partial charge in [0.05, 0.1) is 11.7 Å². The zero-order chi connectivity index (χ0) is 15.6. The van der Waals surface area contributed by atoms with Crippen LogP contribution in [0.5, 0.6) is 0 Å². The number of hydrogen-bond acceptors (Lipinski definition) is 4. The summed E-state index contributed by atoms with van der Waals surface area (Å²) in [6.45, 7) is 7.67. The lowest BCUT2D eigenvalue weighted by molar-refractivity contribution is -0.119. The molecule has 0 fully saturated rings. The summed E-state index contributed by atoms with van der Waals surface area (Å²) >= 11 is 0. The second-order valence-electron chi connectivity index (χ2n) is 6.05. The third kappa shape index (κ3) is 3.28. The van der Waals surface area contributed by atoms with Crippen LogP contribution in [0.2, 0.25) is 0 Å². The maximum atomic E-state index is 12.3. The lowest BCUT2D eigenvalue weighted by Crippen LogP contribution is -2.45. The molecule has 2 aromatic heterocycles. The van der Waals surface area contributed by atoms with Gasteiger partial charge in [-0.05, 0) is 24.5 Å². The summed E-state index contributed by atoms with van der Waals surface area (Å²) in [6, 6.07) is 2.97. The molecule has 2 rings (SSSR count). The zero-order valence-corrected chi connectivity index (χ0v) is 12.8. The van der Waals surface area contributed by atoms with Crippen LogP contribution in [0, 0.1) is 12.3 Å². The topological polar surface area (TPSA) is 85.8 Å². The Morgan fingerprint density at radius 3 is 2.62 bits per heavy atom. The molecule has 0 spiro atoms. The highest BCUT2D eigenvalue weighted by Crippen LogP contribution is 2.22. The Hall–Kier alpha value is -2.21. The van der Waals surface area contributed by atoms with Gasteiger partial charge in [0, 0.05) is 18.6 Å². The summed E-state index contributed by atoms with van der Waals surface area (Å²) in [5, 5.41) is 2.86. The second kappa shape index (κ2) is 5.65. The average Bonchev–Trinajstić information content (AvgIpc) is 2.83.